The van der Waals surface area contributed by atoms with Gasteiger partial charge in [-0.05, 0) is 42.0 Å². The van der Waals surface area contributed by atoms with Crippen LogP contribution in [-0.2, 0) is 11.3 Å². The number of amides is 1. The molecule has 1 N–H and O–H groups in total. The maximum atomic E-state index is 12.7. The van der Waals surface area contributed by atoms with Crippen molar-refractivity contribution < 1.29 is 28.8 Å². The van der Waals surface area contributed by atoms with E-state index in [9.17, 15) is 19.7 Å². The van der Waals surface area contributed by atoms with Crippen molar-refractivity contribution in [2.24, 2.45) is 0 Å². The lowest BCUT2D eigenvalue weighted by Gasteiger charge is -2.35. The predicted molar refractivity (Wildman–Crippen MR) is 82.5 cm³/mol. The molecule has 2 aromatic heterocycles. The number of furan rings is 1. The van der Waals surface area contributed by atoms with Crippen LogP contribution in [0.4, 0.5) is 11.6 Å². The molecule has 0 atom stereocenters. The standard InChI is InChI=1S/C15H13N3O7/c1-15(2)14(21)17(7-8-3-4-10(24-8)13(19)20)12-9(25-15)5-6-11(16-12)18(22)23/h3-6H,7H2,1-2H3,(H,19,20). The van der Waals surface area contributed by atoms with Gasteiger partial charge in [0.1, 0.15) is 5.76 Å². The first-order valence-corrected chi connectivity index (χ1v) is 7.17. The van der Waals surface area contributed by atoms with Crippen molar-refractivity contribution in [1.82, 2.24) is 4.98 Å². The van der Waals surface area contributed by atoms with Crippen LogP contribution in [0, 0.1) is 10.1 Å². The number of pyridine rings is 1. The summed E-state index contributed by atoms with van der Waals surface area (Å²) in [5, 5.41) is 19.9. The Kier molecular flexibility index (Phi) is 3.67. The number of rotatable bonds is 4. The molecule has 0 unspecified atom stereocenters. The highest BCUT2D eigenvalue weighted by molar-refractivity contribution is 6.01. The van der Waals surface area contributed by atoms with Gasteiger partial charge in [0, 0.05) is 6.07 Å². The van der Waals surface area contributed by atoms with E-state index in [4.69, 9.17) is 14.3 Å². The van der Waals surface area contributed by atoms with Crippen molar-refractivity contribution in [2.45, 2.75) is 26.0 Å². The molecule has 1 aliphatic heterocycles. The van der Waals surface area contributed by atoms with Crippen molar-refractivity contribution in [2.75, 3.05) is 4.90 Å². The average Bonchev–Trinajstić information content (AvgIpc) is 3.00. The summed E-state index contributed by atoms with van der Waals surface area (Å²) < 4.78 is 10.7. The molecule has 1 amide bonds. The second-order valence-corrected chi connectivity index (χ2v) is 5.82. The topological polar surface area (TPSA) is 136 Å². The number of carbonyl (C=O) groups is 2. The van der Waals surface area contributed by atoms with Gasteiger partial charge in [0.25, 0.3) is 11.7 Å². The average molecular weight is 347 g/mol. The minimum Gasteiger partial charge on any atom is -0.475 e. The molecule has 0 spiro atoms. The summed E-state index contributed by atoms with van der Waals surface area (Å²) in [5.74, 6) is -2.06. The lowest BCUT2D eigenvalue weighted by atomic mass is 10.1. The number of nitrogens with zero attached hydrogens (tertiary/aromatic N) is 3. The molecule has 10 heteroatoms. The number of aromatic carboxylic acids is 1. The number of hydrogen-bond donors (Lipinski definition) is 1. The minimum atomic E-state index is -1.24. The monoisotopic (exact) mass is 347 g/mol. The number of nitro groups is 1. The Balaban J connectivity index is 2.03. The Morgan fingerprint density at radius 1 is 1.36 bits per heavy atom. The zero-order valence-corrected chi connectivity index (χ0v) is 13.3. The molecular formula is C15H13N3O7. The van der Waals surface area contributed by atoms with Crippen molar-refractivity contribution in [3.05, 3.63) is 45.9 Å². The highest BCUT2D eigenvalue weighted by Gasteiger charge is 2.44. The molecule has 0 bridgehead atoms. The number of carboxylic acids is 1. The zero-order valence-electron chi connectivity index (χ0n) is 13.3. The summed E-state index contributed by atoms with van der Waals surface area (Å²) in [6.07, 6.45) is 0. The second kappa shape index (κ2) is 5.58. The summed E-state index contributed by atoms with van der Waals surface area (Å²) in [6, 6.07) is 5.22. The first-order valence-electron chi connectivity index (χ1n) is 7.17. The van der Waals surface area contributed by atoms with E-state index < -0.39 is 28.2 Å². The lowest BCUT2D eigenvalue weighted by molar-refractivity contribution is -0.389. The fraction of sp³-hybridized carbons (Fsp3) is 0.267. The van der Waals surface area contributed by atoms with Gasteiger partial charge in [-0.3, -0.25) is 9.69 Å². The third-order valence-corrected chi connectivity index (χ3v) is 3.58. The number of hydrogen-bond acceptors (Lipinski definition) is 7. The van der Waals surface area contributed by atoms with Crippen LogP contribution in [0.1, 0.15) is 30.2 Å². The third-order valence-electron chi connectivity index (χ3n) is 3.58. The van der Waals surface area contributed by atoms with Crippen molar-refractivity contribution in [3.8, 4) is 5.75 Å². The van der Waals surface area contributed by atoms with Gasteiger partial charge in [-0.1, -0.05) is 0 Å². The number of ether oxygens (including phenoxy) is 1. The van der Waals surface area contributed by atoms with Gasteiger partial charge < -0.3 is 24.4 Å². The Labute approximate surface area is 140 Å². The van der Waals surface area contributed by atoms with Crippen LogP contribution in [0.5, 0.6) is 5.75 Å². The first-order chi connectivity index (χ1) is 11.7. The Bertz CT molecular complexity index is 887. The predicted octanol–water partition coefficient (Wildman–Crippen LogP) is 1.99. The van der Waals surface area contributed by atoms with Gasteiger partial charge >= 0.3 is 11.8 Å². The third kappa shape index (κ3) is 2.89. The van der Waals surface area contributed by atoms with E-state index in [1.807, 2.05) is 0 Å². The van der Waals surface area contributed by atoms with E-state index in [0.717, 1.165) is 0 Å². The molecule has 0 saturated carbocycles. The zero-order chi connectivity index (χ0) is 18.4. The molecule has 3 heterocycles. The van der Waals surface area contributed by atoms with Crippen LogP contribution in [0.2, 0.25) is 0 Å². The van der Waals surface area contributed by atoms with E-state index >= 15 is 0 Å². The summed E-state index contributed by atoms with van der Waals surface area (Å²) in [7, 11) is 0. The Morgan fingerprint density at radius 2 is 2.08 bits per heavy atom. The number of anilines is 1. The van der Waals surface area contributed by atoms with Crippen molar-refractivity contribution in [1.29, 1.82) is 0 Å². The van der Waals surface area contributed by atoms with E-state index in [1.165, 1.54) is 29.2 Å². The fourth-order valence-corrected chi connectivity index (χ4v) is 2.42. The quantitative estimate of drug-likeness (QED) is 0.655. The molecule has 130 valence electrons. The van der Waals surface area contributed by atoms with E-state index in [2.05, 4.69) is 4.98 Å². The van der Waals surface area contributed by atoms with Crippen LogP contribution < -0.4 is 9.64 Å². The molecule has 1 aliphatic rings. The van der Waals surface area contributed by atoms with Crippen molar-refractivity contribution in [3.63, 3.8) is 0 Å². The van der Waals surface area contributed by atoms with Gasteiger partial charge in [0.05, 0.1) is 6.54 Å². The molecule has 0 fully saturated rings. The van der Waals surface area contributed by atoms with Crippen LogP contribution in [-0.4, -0.2) is 32.5 Å². The summed E-state index contributed by atoms with van der Waals surface area (Å²) in [4.78, 5) is 38.9. The molecule has 2 aromatic rings. The first kappa shape index (κ1) is 16.4. The van der Waals surface area contributed by atoms with Crippen LogP contribution >= 0.6 is 0 Å². The molecule has 10 nitrogen and oxygen atoms in total. The molecule has 0 radical (unpaired) electrons. The molecule has 0 saturated heterocycles. The second-order valence-electron chi connectivity index (χ2n) is 5.82. The molecule has 3 rings (SSSR count). The van der Waals surface area contributed by atoms with Gasteiger partial charge in [-0.2, -0.15) is 0 Å². The summed E-state index contributed by atoms with van der Waals surface area (Å²) >= 11 is 0. The smallest absolute Gasteiger partial charge is 0.371 e. The van der Waals surface area contributed by atoms with E-state index in [1.54, 1.807) is 13.8 Å². The lowest BCUT2D eigenvalue weighted by Crippen LogP contribution is -2.52. The SMILES string of the molecule is CC1(C)Oc2ccc([N+](=O)[O-])nc2N(Cc2ccc(C(=O)O)o2)C1=O. The van der Waals surface area contributed by atoms with Crippen LogP contribution in [0.15, 0.2) is 28.7 Å². The fourth-order valence-electron chi connectivity index (χ4n) is 2.42. The molecule has 0 aromatic carbocycles. The van der Waals surface area contributed by atoms with Gasteiger partial charge in [-0.15, -0.1) is 0 Å². The minimum absolute atomic E-state index is 0.0215. The molecule has 25 heavy (non-hydrogen) atoms. The maximum absolute atomic E-state index is 12.7. The highest BCUT2D eigenvalue weighted by Crippen LogP contribution is 2.38. The maximum Gasteiger partial charge on any atom is 0.371 e. The number of fused-ring (bicyclic) bond motifs is 1. The van der Waals surface area contributed by atoms with Gasteiger partial charge in [0.2, 0.25) is 5.76 Å². The molecule has 0 aliphatic carbocycles. The Hall–Kier alpha value is -3.43. The van der Waals surface area contributed by atoms with Gasteiger partial charge in [0.15, 0.2) is 11.4 Å². The van der Waals surface area contributed by atoms with Crippen molar-refractivity contribution >= 4 is 23.5 Å². The van der Waals surface area contributed by atoms with Crippen LogP contribution in [0.25, 0.3) is 0 Å². The number of carboxylic acid groups (broad SMARTS) is 1. The van der Waals surface area contributed by atoms with E-state index in [0.29, 0.717) is 0 Å². The van der Waals surface area contributed by atoms with E-state index in [-0.39, 0.29) is 29.6 Å². The summed E-state index contributed by atoms with van der Waals surface area (Å²) in [5.41, 5.74) is -1.22. The van der Waals surface area contributed by atoms with Crippen LogP contribution in [0.3, 0.4) is 0 Å². The highest BCUT2D eigenvalue weighted by atomic mass is 16.6. The van der Waals surface area contributed by atoms with Gasteiger partial charge in [-0.25, -0.2) is 4.79 Å². The summed E-state index contributed by atoms with van der Waals surface area (Å²) in [6.45, 7) is 2.97. The number of carbonyl (C=O) groups excluding carboxylic acids is 1. The largest absolute Gasteiger partial charge is 0.475 e. The number of aromatic nitrogens is 1. The normalized spacial score (nSPS) is 15.4. The molecular weight excluding hydrogens is 334 g/mol. The Morgan fingerprint density at radius 3 is 2.68 bits per heavy atom.